The molecule has 12 aromatic rings. The zero-order chi connectivity index (χ0) is 79.7. The van der Waals surface area contributed by atoms with E-state index in [1.807, 2.05) is 41.5 Å². The highest BCUT2D eigenvalue weighted by Crippen LogP contribution is 2.29. The fourth-order valence-electron chi connectivity index (χ4n) is 14.7. The predicted octanol–water partition coefficient (Wildman–Crippen LogP) is 20.0. The van der Waals surface area contributed by atoms with Crippen molar-refractivity contribution in [2.24, 2.45) is 0 Å². The summed E-state index contributed by atoms with van der Waals surface area (Å²) in [5.74, 6) is 7.70. The van der Waals surface area contributed by atoms with E-state index in [0.29, 0.717) is 38.5 Å². The van der Waals surface area contributed by atoms with Gasteiger partial charge in [0.2, 0.25) is 0 Å². The van der Waals surface area contributed by atoms with Gasteiger partial charge in [0.05, 0.1) is 66.2 Å². The zero-order valence-electron chi connectivity index (χ0n) is 69.5. The van der Waals surface area contributed by atoms with Crippen LogP contribution < -0.4 is 0 Å². The Morgan fingerprint density at radius 1 is 0.213 bits per heavy atom. The summed E-state index contributed by atoms with van der Waals surface area (Å²) >= 11 is 0. The van der Waals surface area contributed by atoms with Crippen molar-refractivity contribution in [2.45, 2.75) is 282 Å². The van der Waals surface area contributed by atoms with Gasteiger partial charge in [0.15, 0.2) is 0 Å². The average Bonchev–Trinajstić information content (AvgIpc) is 1.66. The molecule has 18 heteroatoms. The minimum absolute atomic E-state index is 0.254. The monoisotopic (exact) mass is 1460 g/mol. The highest BCUT2D eigenvalue weighted by molar-refractivity contribution is 5.85. The van der Waals surface area contributed by atoms with Gasteiger partial charge >= 0.3 is 0 Å². The second-order valence-electron chi connectivity index (χ2n) is 30.4. The summed E-state index contributed by atoms with van der Waals surface area (Å²) in [5.41, 5.74) is 28.5. The van der Waals surface area contributed by atoms with Gasteiger partial charge in [-0.3, -0.25) is 0 Å². The number of aryl methyl sites for hydroxylation is 24. The molecular weight excluding hydrogens is 1350 g/mol. The third-order valence-corrected chi connectivity index (χ3v) is 19.7. The molecule has 0 spiro atoms. The van der Waals surface area contributed by atoms with Gasteiger partial charge in [-0.1, -0.05) is 36.4 Å². The lowest BCUT2D eigenvalue weighted by Crippen LogP contribution is -2.02. The number of carbonyl (C=O) groups excluding carboxylic acids is 6. The molecule has 0 radical (unpaired) electrons. The molecule has 12 rings (SSSR count). The topological polar surface area (TPSA) is 209 Å². The summed E-state index contributed by atoms with van der Waals surface area (Å²) in [4.78, 5) is 93.8. The number of imidazole rings is 6. The lowest BCUT2D eigenvalue weighted by atomic mass is 10.1. The molecule has 0 aliphatic carbocycles. The second kappa shape index (κ2) is 38.8. The van der Waals surface area contributed by atoms with Gasteiger partial charge in [0.1, 0.15) is 69.6 Å². The molecule has 0 amide bonds. The van der Waals surface area contributed by atoms with E-state index in [2.05, 4.69) is 213 Å². The molecule has 6 aromatic carbocycles. The van der Waals surface area contributed by atoms with Gasteiger partial charge in [-0.2, -0.15) is 0 Å². The average molecular weight is 1470 g/mol. The predicted molar refractivity (Wildman–Crippen MR) is 443 cm³/mol. The van der Waals surface area contributed by atoms with Crippen molar-refractivity contribution in [3.8, 4) is 0 Å². The van der Waals surface area contributed by atoms with E-state index >= 15 is 0 Å². The van der Waals surface area contributed by atoms with Crippen molar-refractivity contribution >= 4 is 101 Å². The molecule has 6 heterocycles. The number of hydrogen-bond acceptors (Lipinski definition) is 12. The molecule has 18 nitrogen and oxygen atoms in total. The van der Waals surface area contributed by atoms with Crippen molar-refractivity contribution in [1.29, 1.82) is 0 Å². The Bertz CT molecular complexity index is 4410. The van der Waals surface area contributed by atoms with Crippen molar-refractivity contribution in [3.05, 3.63) is 175 Å². The van der Waals surface area contributed by atoms with Crippen LogP contribution in [-0.4, -0.2) is 92.0 Å². The maximum atomic E-state index is 11.0. The SMILES string of the molecule is CC(=O)CCCn1c(C)nc2c(C)cc(C)cc21.CC(=O)CCCn1c(C)nc2c(C)cc(C)cc21.CC(=O)CCCn1c(C)nc2c(C)cc(C)cc21.CC(=O)CCCn1c(C)nc2c(C)cc(C)cc21.CC(=O)CCCn1c(C)nc2c(C)cc(C)cc21.CC(=O)CCCn1c(C)nc2c(C)cc(C)cc21. The van der Waals surface area contributed by atoms with E-state index < -0.39 is 0 Å². The van der Waals surface area contributed by atoms with Gasteiger partial charge in [-0.25, -0.2) is 29.9 Å². The first-order valence-electron chi connectivity index (χ1n) is 38.5. The highest BCUT2D eigenvalue weighted by Gasteiger charge is 2.17. The number of nitrogens with zero attached hydrogens (tertiary/aromatic N) is 12. The number of aromatic nitrogens is 12. The third-order valence-electron chi connectivity index (χ3n) is 19.7. The van der Waals surface area contributed by atoms with Crippen LogP contribution in [0.15, 0.2) is 72.8 Å². The minimum atomic E-state index is 0.254. The molecule has 0 fully saturated rings. The first-order chi connectivity index (χ1) is 50.9. The summed E-state index contributed by atoms with van der Waals surface area (Å²) in [7, 11) is 0. The molecular formula is C90H120N12O6. The Labute approximate surface area is 640 Å². The maximum absolute atomic E-state index is 11.0. The normalized spacial score (nSPS) is 11.1. The largest absolute Gasteiger partial charge is 0.328 e. The van der Waals surface area contributed by atoms with E-state index in [-0.39, 0.29) is 34.7 Å². The van der Waals surface area contributed by atoms with E-state index in [1.54, 1.807) is 41.5 Å². The number of ketones is 6. The maximum Gasteiger partial charge on any atom is 0.129 e. The van der Waals surface area contributed by atoms with Gasteiger partial charge < -0.3 is 56.2 Å². The van der Waals surface area contributed by atoms with Gasteiger partial charge in [0, 0.05) is 77.8 Å². The van der Waals surface area contributed by atoms with E-state index in [4.69, 9.17) is 0 Å². The van der Waals surface area contributed by atoms with Crippen LogP contribution in [0, 0.1) is 125 Å². The molecule has 0 unspecified atom stereocenters. The molecule has 0 bridgehead atoms. The van der Waals surface area contributed by atoms with Gasteiger partial charge in [-0.15, -0.1) is 0 Å². The fraction of sp³-hybridized carbons (Fsp3) is 0.467. The van der Waals surface area contributed by atoms with E-state index in [9.17, 15) is 28.8 Å². The summed E-state index contributed by atoms with van der Waals surface area (Å²) in [5, 5.41) is 0. The molecule has 0 aliphatic heterocycles. The molecule has 0 saturated carbocycles. The van der Waals surface area contributed by atoms with Crippen molar-refractivity contribution < 1.29 is 28.8 Å². The van der Waals surface area contributed by atoms with Gasteiger partial charge in [-0.05, 0) is 308 Å². The molecule has 6 aromatic heterocycles. The molecule has 108 heavy (non-hydrogen) atoms. The zero-order valence-corrected chi connectivity index (χ0v) is 69.5. The van der Waals surface area contributed by atoms with E-state index in [0.717, 1.165) is 146 Å². The first-order valence-corrected chi connectivity index (χ1v) is 38.5. The Kier molecular flexibility index (Phi) is 30.7. The molecule has 0 atom stereocenters. The summed E-state index contributed by atoms with van der Waals surface area (Å²) < 4.78 is 13.3. The first kappa shape index (κ1) is 85.4. The van der Waals surface area contributed by atoms with E-state index in [1.165, 1.54) is 99.9 Å². The Balaban J connectivity index is 0.000000180. The Hall–Kier alpha value is -9.84. The van der Waals surface area contributed by atoms with Crippen LogP contribution in [0.25, 0.3) is 66.2 Å². The fourth-order valence-corrected chi connectivity index (χ4v) is 14.7. The van der Waals surface area contributed by atoms with Crippen molar-refractivity contribution in [1.82, 2.24) is 57.3 Å². The van der Waals surface area contributed by atoms with Crippen LogP contribution in [0.2, 0.25) is 0 Å². The number of Topliss-reactive ketones (excluding diaryl/α,β-unsaturated/α-hetero) is 6. The van der Waals surface area contributed by atoms with Crippen molar-refractivity contribution in [2.75, 3.05) is 0 Å². The Morgan fingerprint density at radius 2 is 0.333 bits per heavy atom. The lowest BCUT2D eigenvalue weighted by molar-refractivity contribution is -0.118. The molecule has 576 valence electrons. The number of fused-ring (bicyclic) bond motifs is 6. The summed E-state index contributed by atoms with van der Waals surface area (Å²) in [6, 6.07) is 26.0. The second-order valence-corrected chi connectivity index (χ2v) is 30.4. The molecule has 0 aliphatic rings. The Morgan fingerprint density at radius 3 is 0.444 bits per heavy atom. The molecule has 0 saturated heterocycles. The van der Waals surface area contributed by atoms with Crippen LogP contribution in [0.4, 0.5) is 0 Å². The standard InChI is InChI=1S/6C15H20N2O/c6*1-10-8-11(2)15-14(9-10)17(13(4)16-15)7-5-6-12(3)18/h6*8-9H,5-7H2,1-4H3. The number of benzene rings is 6. The lowest BCUT2D eigenvalue weighted by Gasteiger charge is -2.07. The minimum Gasteiger partial charge on any atom is -0.328 e. The quantitative estimate of drug-likeness (QED) is 0.0553. The summed E-state index contributed by atoms with van der Waals surface area (Å²) in [6.45, 7) is 52.5. The third kappa shape index (κ3) is 23.1. The highest BCUT2D eigenvalue weighted by atomic mass is 16.1. The smallest absolute Gasteiger partial charge is 0.129 e. The number of rotatable bonds is 24. The van der Waals surface area contributed by atoms with Crippen LogP contribution >= 0.6 is 0 Å². The van der Waals surface area contributed by atoms with Crippen LogP contribution in [0.5, 0.6) is 0 Å². The molecule has 0 N–H and O–H groups in total. The summed E-state index contributed by atoms with van der Waals surface area (Å²) in [6.07, 6.45) is 9.16. The van der Waals surface area contributed by atoms with Crippen LogP contribution in [-0.2, 0) is 68.0 Å². The van der Waals surface area contributed by atoms with Crippen molar-refractivity contribution in [3.63, 3.8) is 0 Å². The van der Waals surface area contributed by atoms with Gasteiger partial charge in [0.25, 0.3) is 0 Å². The number of carbonyl (C=O) groups is 6. The van der Waals surface area contributed by atoms with Crippen LogP contribution in [0.3, 0.4) is 0 Å². The number of hydrogen-bond donors (Lipinski definition) is 0. The van der Waals surface area contributed by atoms with Crippen LogP contribution in [0.1, 0.15) is 220 Å².